The van der Waals surface area contributed by atoms with Gasteiger partial charge >= 0.3 is 0 Å². The monoisotopic (exact) mass is 278 g/mol. The zero-order valence-electron chi connectivity index (χ0n) is 11.2. The summed E-state index contributed by atoms with van der Waals surface area (Å²) >= 11 is 6.02. The van der Waals surface area contributed by atoms with Crippen LogP contribution in [0.2, 0.25) is 5.02 Å². The Balaban J connectivity index is 2.21. The summed E-state index contributed by atoms with van der Waals surface area (Å²) in [6, 6.07) is 9.89. The van der Waals surface area contributed by atoms with Gasteiger partial charge in [0.15, 0.2) is 0 Å². The van der Waals surface area contributed by atoms with Crippen LogP contribution in [0.5, 0.6) is 0 Å². The number of nitrogens with one attached hydrogen (secondary N) is 1. The summed E-state index contributed by atoms with van der Waals surface area (Å²) < 4.78 is 1.91. The van der Waals surface area contributed by atoms with Gasteiger partial charge in [-0.1, -0.05) is 30.7 Å². The molecule has 1 aromatic heterocycles. The van der Waals surface area contributed by atoms with Crippen molar-refractivity contribution >= 4 is 11.6 Å². The Labute approximate surface area is 118 Å². The van der Waals surface area contributed by atoms with E-state index in [1.165, 1.54) is 0 Å². The molecule has 0 aliphatic heterocycles. The molecule has 0 fully saturated rings. The molecule has 0 aliphatic rings. The molecule has 0 radical (unpaired) electrons. The van der Waals surface area contributed by atoms with Gasteiger partial charge < -0.3 is 0 Å². The number of hydrogen-bond acceptors (Lipinski definition) is 3. The van der Waals surface area contributed by atoms with Crippen molar-refractivity contribution in [1.29, 1.82) is 0 Å². The topological polar surface area (TPSA) is 55.9 Å². The maximum atomic E-state index is 6.02. The van der Waals surface area contributed by atoms with Crippen LogP contribution in [0.25, 0.3) is 0 Å². The standard InChI is InChI=1S/C14H19ClN4/c1-3-12-8-13(19(2)18-12)9-14(17-16)10-5-4-6-11(15)7-10/h4-8,14,17H,3,9,16H2,1-2H3. The molecule has 0 aliphatic carbocycles. The number of hydrazine groups is 1. The van der Waals surface area contributed by atoms with Crippen LogP contribution in [0.15, 0.2) is 30.3 Å². The molecule has 1 heterocycles. The average molecular weight is 279 g/mol. The van der Waals surface area contributed by atoms with Gasteiger partial charge in [0, 0.05) is 24.2 Å². The Morgan fingerprint density at radius 3 is 2.79 bits per heavy atom. The predicted octanol–water partition coefficient (Wildman–Crippen LogP) is 2.38. The molecule has 0 amide bonds. The van der Waals surface area contributed by atoms with Crippen molar-refractivity contribution in [3.63, 3.8) is 0 Å². The molecule has 4 nitrogen and oxygen atoms in total. The van der Waals surface area contributed by atoms with Crippen LogP contribution >= 0.6 is 11.6 Å². The smallest absolute Gasteiger partial charge is 0.0624 e. The lowest BCUT2D eigenvalue weighted by Crippen LogP contribution is -2.30. The molecule has 2 rings (SSSR count). The Kier molecular flexibility index (Phi) is 4.58. The summed E-state index contributed by atoms with van der Waals surface area (Å²) in [6.07, 6.45) is 1.71. The number of nitrogens with zero attached hydrogens (tertiary/aromatic N) is 2. The maximum Gasteiger partial charge on any atom is 0.0624 e. The van der Waals surface area contributed by atoms with E-state index < -0.39 is 0 Å². The molecule has 19 heavy (non-hydrogen) atoms. The molecule has 0 spiro atoms. The normalized spacial score (nSPS) is 12.6. The van der Waals surface area contributed by atoms with Crippen LogP contribution in [-0.2, 0) is 19.9 Å². The molecule has 1 atom stereocenters. The zero-order chi connectivity index (χ0) is 13.8. The second-order valence-corrected chi connectivity index (χ2v) is 5.02. The number of benzene rings is 1. The Bertz CT molecular complexity index is 550. The number of halogens is 1. The third kappa shape index (κ3) is 3.35. The van der Waals surface area contributed by atoms with E-state index in [2.05, 4.69) is 23.5 Å². The predicted molar refractivity (Wildman–Crippen MR) is 77.8 cm³/mol. The molecule has 0 saturated heterocycles. The zero-order valence-corrected chi connectivity index (χ0v) is 12.0. The van der Waals surface area contributed by atoms with Crippen molar-refractivity contribution in [2.75, 3.05) is 0 Å². The van der Waals surface area contributed by atoms with Gasteiger partial charge in [-0.3, -0.25) is 16.0 Å². The molecular formula is C14H19ClN4. The first kappa shape index (κ1) is 14.1. The summed E-state index contributed by atoms with van der Waals surface area (Å²) in [7, 11) is 1.96. The third-order valence-electron chi connectivity index (χ3n) is 3.26. The molecule has 2 aromatic rings. The first-order valence-electron chi connectivity index (χ1n) is 6.37. The van der Waals surface area contributed by atoms with E-state index in [1.807, 2.05) is 36.0 Å². The minimum absolute atomic E-state index is 0.0267. The molecular weight excluding hydrogens is 260 g/mol. The highest BCUT2D eigenvalue weighted by molar-refractivity contribution is 6.30. The van der Waals surface area contributed by atoms with Gasteiger partial charge in [-0.15, -0.1) is 0 Å². The van der Waals surface area contributed by atoms with E-state index in [1.54, 1.807) is 0 Å². The van der Waals surface area contributed by atoms with E-state index in [0.29, 0.717) is 0 Å². The van der Waals surface area contributed by atoms with Crippen molar-refractivity contribution in [3.05, 3.63) is 52.3 Å². The van der Waals surface area contributed by atoms with Gasteiger partial charge in [0.2, 0.25) is 0 Å². The largest absolute Gasteiger partial charge is 0.272 e. The minimum Gasteiger partial charge on any atom is -0.272 e. The highest BCUT2D eigenvalue weighted by atomic mass is 35.5. The average Bonchev–Trinajstić information content (AvgIpc) is 2.76. The number of nitrogens with two attached hydrogens (primary N) is 1. The van der Waals surface area contributed by atoms with E-state index in [0.717, 1.165) is 34.8 Å². The molecule has 1 unspecified atom stereocenters. The van der Waals surface area contributed by atoms with Crippen LogP contribution in [-0.4, -0.2) is 9.78 Å². The van der Waals surface area contributed by atoms with Crippen molar-refractivity contribution in [2.45, 2.75) is 25.8 Å². The fourth-order valence-electron chi connectivity index (χ4n) is 2.14. The lowest BCUT2D eigenvalue weighted by atomic mass is 10.0. The van der Waals surface area contributed by atoms with Gasteiger partial charge in [0.25, 0.3) is 0 Å². The van der Waals surface area contributed by atoms with Crippen molar-refractivity contribution in [3.8, 4) is 0 Å². The molecule has 102 valence electrons. The first-order chi connectivity index (χ1) is 9.13. The van der Waals surface area contributed by atoms with Crippen LogP contribution in [0.4, 0.5) is 0 Å². The number of hydrogen-bond donors (Lipinski definition) is 2. The number of aryl methyl sites for hydroxylation is 2. The van der Waals surface area contributed by atoms with Gasteiger partial charge in [-0.25, -0.2) is 0 Å². The summed E-state index contributed by atoms with van der Waals surface area (Å²) in [5.41, 5.74) is 6.18. The lowest BCUT2D eigenvalue weighted by molar-refractivity contribution is 0.530. The highest BCUT2D eigenvalue weighted by Crippen LogP contribution is 2.21. The van der Waals surface area contributed by atoms with Gasteiger partial charge in [-0.2, -0.15) is 5.10 Å². The summed E-state index contributed by atoms with van der Waals surface area (Å²) in [6.45, 7) is 2.10. The summed E-state index contributed by atoms with van der Waals surface area (Å²) in [4.78, 5) is 0. The SMILES string of the molecule is CCc1cc(CC(NN)c2cccc(Cl)c2)n(C)n1. The maximum absolute atomic E-state index is 6.02. The van der Waals surface area contributed by atoms with Gasteiger partial charge in [0.1, 0.15) is 0 Å². The number of rotatable bonds is 5. The quantitative estimate of drug-likeness (QED) is 0.652. The van der Waals surface area contributed by atoms with Crippen LogP contribution < -0.4 is 11.3 Å². The van der Waals surface area contributed by atoms with Crippen molar-refractivity contribution in [1.82, 2.24) is 15.2 Å². The summed E-state index contributed by atoms with van der Waals surface area (Å²) in [5, 5.41) is 5.17. The highest BCUT2D eigenvalue weighted by Gasteiger charge is 2.14. The third-order valence-corrected chi connectivity index (χ3v) is 3.49. The second kappa shape index (κ2) is 6.19. The van der Waals surface area contributed by atoms with E-state index in [4.69, 9.17) is 17.4 Å². The van der Waals surface area contributed by atoms with E-state index >= 15 is 0 Å². The summed E-state index contributed by atoms with van der Waals surface area (Å²) in [5.74, 6) is 5.67. The Morgan fingerprint density at radius 2 is 2.21 bits per heavy atom. The molecule has 0 bridgehead atoms. The van der Waals surface area contributed by atoms with Crippen LogP contribution in [0.3, 0.4) is 0 Å². The second-order valence-electron chi connectivity index (χ2n) is 4.58. The van der Waals surface area contributed by atoms with Crippen LogP contribution in [0.1, 0.15) is 29.9 Å². The van der Waals surface area contributed by atoms with Crippen LogP contribution in [0, 0.1) is 0 Å². The van der Waals surface area contributed by atoms with E-state index in [-0.39, 0.29) is 6.04 Å². The minimum atomic E-state index is 0.0267. The first-order valence-corrected chi connectivity index (χ1v) is 6.75. The molecule has 1 aromatic carbocycles. The Morgan fingerprint density at radius 1 is 1.42 bits per heavy atom. The molecule has 5 heteroatoms. The Hall–Kier alpha value is -1.36. The number of aromatic nitrogens is 2. The lowest BCUT2D eigenvalue weighted by Gasteiger charge is -2.16. The molecule has 0 saturated carbocycles. The fraction of sp³-hybridized carbons (Fsp3) is 0.357. The van der Waals surface area contributed by atoms with Gasteiger partial charge in [0.05, 0.1) is 11.7 Å². The van der Waals surface area contributed by atoms with Crippen molar-refractivity contribution in [2.24, 2.45) is 12.9 Å². The van der Waals surface area contributed by atoms with E-state index in [9.17, 15) is 0 Å². The molecule has 3 N–H and O–H groups in total. The van der Waals surface area contributed by atoms with Gasteiger partial charge in [-0.05, 0) is 30.2 Å². The fourth-order valence-corrected chi connectivity index (χ4v) is 2.34. The van der Waals surface area contributed by atoms with Crippen molar-refractivity contribution < 1.29 is 0 Å².